The van der Waals surface area contributed by atoms with Crippen molar-refractivity contribution in [2.75, 3.05) is 6.61 Å². The molecule has 1 fully saturated rings. The summed E-state index contributed by atoms with van der Waals surface area (Å²) in [6, 6.07) is 16.4. The summed E-state index contributed by atoms with van der Waals surface area (Å²) < 4.78 is 5.43. The SMILES string of the molecule is CCOc1ccc(C2(Cc3ccccc3)NC(=O)NC2=O)cc1. The molecule has 1 saturated heterocycles. The van der Waals surface area contributed by atoms with Gasteiger partial charge in [-0.2, -0.15) is 0 Å². The van der Waals surface area contributed by atoms with Crippen molar-refractivity contribution in [2.45, 2.75) is 18.9 Å². The van der Waals surface area contributed by atoms with Crippen LogP contribution in [-0.4, -0.2) is 18.5 Å². The average Bonchev–Trinajstić information content (AvgIpc) is 2.84. The van der Waals surface area contributed by atoms with Crippen LogP contribution < -0.4 is 15.4 Å². The van der Waals surface area contributed by atoms with Gasteiger partial charge in [0.1, 0.15) is 5.75 Å². The largest absolute Gasteiger partial charge is 0.494 e. The van der Waals surface area contributed by atoms with E-state index in [0.29, 0.717) is 13.0 Å². The molecular formula is C18H18N2O3. The summed E-state index contributed by atoms with van der Waals surface area (Å²) in [4.78, 5) is 24.2. The highest BCUT2D eigenvalue weighted by molar-refractivity contribution is 6.07. The molecule has 23 heavy (non-hydrogen) atoms. The summed E-state index contributed by atoms with van der Waals surface area (Å²) in [7, 11) is 0. The molecule has 5 nitrogen and oxygen atoms in total. The second-order valence-electron chi connectivity index (χ2n) is 5.43. The molecule has 0 aliphatic carbocycles. The maximum atomic E-state index is 12.5. The molecule has 1 aliphatic heterocycles. The number of carbonyl (C=O) groups is 2. The van der Waals surface area contributed by atoms with Crippen LogP contribution >= 0.6 is 0 Å². The Bertz CT molecular complexity index is 713. The Balaban J connectivity index is 1.98. The number of urea groups is 1. The zero-order chi connectivity index (χ0) is 16.3. The lowest BCUT2D eigenvalue weighted by Crippen LogP contribution is -2.45. The number of nitrogens with one attached hydrogen (secondary N) is 2. The molecule has 0 saturated carbocycles. The fraction of sp³-hybridized carbons (Fsp3) is 0.222. The molecule has 0 bridgehead atoms. The van der Waals surface area contributed by atoms with Crippen molar-refractivity contribution in [2.24, 2.45) is 0 Å². The first-order chi connectivity index (χ1) is 11.1. The normalized spacial score (nSPS) is 20.0. The molecule has 5 heteroatoms. The number of imide groups is 1. The van der Waals surface area contributed by atoms with Crippen LogP contribution in [0, 0.1) is 0 Å². The minimum atomic E-state index is -1.09. The van der Waals surface area contributed by atoms with Crippen LogP contribution in [0.25, 0.3) is 0 Å². The maximum absolute atomic E-state index is 12.5. The number of hydrogen-bond acceptors (Lipinski definition) is 3. The quantitative estimate of drug-likeness (QED) is 0.833. The van der Waals surface area contributed by atoms with Crippen LogP contribution in [0.15, 0.2) is 54.6 Å². The van der Waals surface area contributed by atoms with Gasteiger partial charge >= 0.3 is 6.03 Å². The van der Waals surface area contributed by atoms with Gasteiger partial charge in [-0.25, -0.2) is 4.79 Å². The number of benzene rings is 2. The monoisotopic (exact) mass is 310 g/mol. The van der Waals surface area contributed by atoms with E-state index in [4.69, 9.17) is 4.74 Å². The van der Waals surface area contributed by atoms with Gasteiger partial charge in [0, 0.05) is 6.42 Å². The third-order valence-electron chi connectivity index (χ3n) is 3.91. The van der Waals surface area contributed by atoms with Crippen molar-refractivity contribution in [1.82, 2.24) is 10.6 Å². The van der Waals surface area contributed by atoms with Crippen molar-refractivity contribution >= 4 is 11.9 Å². The lowest BCUT2D eigenvalue weighted by atomic mass is 9.84. The number of rotatable bonds is 5. The van der Waals surface area contributed by atoms with Gasteiger partial charge in [-0.15, -0.1) is 0 Å². The lowest BCUT2D eigenvalue weighted by Gasteiger charge is -2.27. The van der Waals surface area contributed by atoms with E-state index in [0.717, 1.165) is 16.9 Å². The van der Waals surface area contributed by atoms with Crippen molar-refractivity contribution in [3.63, 3.8) is 0 Å². The molecule has 3 rings (SSSR count). The first-order valence-corrected chi connectivity index (χ1v) is 7.55. The second kappa shape index (κ2) is 6.12. The van der Waals surface area contributed by atoms with Crippen molar-refractivity contribution in [3.05, 3.63) is 65.7 Å². The Labute approximate surface area is 134 Å². The van der Waals surface area contributed by atoms with Crippen LogP contribution in [0.3, 0.4) is 0 Å². The minimum Gasteiger partial charge on any atom is -0.494 e. The molecule has 1 aliphatic rings. The Morgan fingerprint density at radius 1 is 1.00 bits per heavy atom. The van der Waals surface area contributed by atoms with E-state index in [1.54, 1.807) is 0 Å². The number of ether oxygens (including phenoxy) is 1. The summed E-state index contributed by atoms with van der Waals surface area (Å²) in [5.41, 5.74) is 0.607. The van der Waals surface area contributed by atoms with Crippen LogP contribution in [0.4, 0.5) is 4.79 Å². The Morgan fingerprint density at radius 2 is 1.70 bits per heavy atom. The smallest absolute Gasteiger partial charge is 0.322 e. The molecule has 1 unspecified atom stereocenters. The third-order valence-corrected chi connectivity index (χ3v) is 3.91. The van der Waals surface area contributed by atoms with Gasteiger partial charge in [0.05, 0.1) is 6.61 Å². The summed E-state index contributed by atoms with van der Waals surface area (Å²) in [6.45, 7) is 2.49. The van der Waals surface area contributed by atoms with E-state index >= 15 is 0 Å². The van der Waals surface area contributed by atoms with E-state index in [1.807, 2.05) is 61.5 Å². The van der Waals surface area contributed by atoms with Gasteiger partial charge in [-0.1, -0.05) is 42.5 Å². The van der Waals surface area contributed by atoms with Gasteiger partial charge in [-0.3, -0.25) is 10.1 Å². The van der Waals surface area contributed by atoms with Crippen molar-refractivity contribution in [3.8, 4) is 5.75 Å². The average molecular weight is 310 g/mol. The summed E-state index contributed by atoms with van der Waals surface area (Å²) in [5, 5.41) is 5.14. The lowest BCUT2D eigenvalue weighted by molar-refractivity contribution is -0.124. The predicted octanol–water partition coefficient (Wildman–Crippen LogP) is 2.36. The molecule has 0 aromatic heterocycles. The molecule has 1 heterocycles. The molecule has 0 spiro atoms. The standard InChI is InChI=1S/C18H18N2O3/c1-2-23-15-10-8-14(9-11-15)18(16(21)19-17(22)20-18)12-13-6-4-3-5-7-13/h3-11H,2,12H2,1H3,(H2,19,20,21,22). The van der Waals surface area contributed by atoms with Crippen molar-refractivity contribution in [1.29, 1.82) is 0 Å². The molecule has 2 aromatic carbocycles. The first kappa shape index (κ1) is 15.1. The molecule has 3 amide bonds. The van der Waals surface area contributed by atoms with E-state index in [1.165, 1.54) is 0 Å². The van der Waals surface area contributed by atoms with Gasteiger partial charge < -0.3 is 10.1 Å². The van der Waals surface area contributed by atoms with Crippen LogP contribution in [0.1, 0.15) is 18.1 Å². The van der Waals surface area contributed by atoms with Gasteiger partial charge in [0.25, 0.3) is 5.91 Å². The number of hydrogen-bond donors (Lipinski definition) is 2. The molecule has 118 valence electrons. The van der Waals surface area contributed by atoms with E-state index in [2.05, 4.69) is 10.6 Å². The van der Waals surface area contributed by atoms with Crippen LogP contribution in [0.2, 0.25) is 0 Å². The molecule has 2 aromatic rings. The summed E-state index contributed by atoms with van der Waals surface area (Å²) in [6.07, 6.45) is 0.388. The fourth-order valence-corrected chi connectivity index (χ4v) is 2.83. The molecule has 1 atom stereocenters. The highest BCUT2D eigenvalue weighted by Gasteiger charge is 2.47. The summed E-state index contributed by atoms with van der Waals surface area (Å²) >= 11 is 0. The van der Waals surface area contributed by atoms with E-state index in [9.17, 15) is 9.59 Å². The van der Waals surface area contributed by atoms with Crippen LogP contribution in [-0.2, 0) is 16.8 Å². The molecule has 2 N–H and O–H groups in total. The maximum Gasteiger partial charge on any atom is 0.322 e. The zero-order valence-electron chi connectivity index (χ0n) is 12.8. The number of amides is 3. The highest BCUT2D eigenvalue weighted by Crippen LogP contribution is 2.30. The zero-order valence-corrected chi connectivity index (χ0v) is 12.8. The van der Waals surface area contributed by atoms with Gasteiger partial charge in [0.2, 0.25) is 0 Å². The number of carbonyl (C=O) groups excluding carboxylic acids is 2. The molecule has 0 radical (unpaired) electrons. The fourth-order valence-electron chi connectivity index (χ4n) is 2.83. The Hall–Kier alpha value is -2.82. The Morgan fingerprint density at radius 3 is 2.26 bits per heavy atom. The Kier molecular flexibility index (Phi) is 4.02. The van der Waals surface area contributed by atoms with Crippen LogP contribution in [0.5, 0.6) is 5.75 Å². The van der Waals surface area contributed by atoms with E-state index < -0.39 is 11.6 Å². The second-order valence-corrected chi connectivity index (χ2v) is 5.43. The third kappa shape index (κ3) is 2.90. The van der Waals surface area contributed by atoms with E-state index in [-0.39, 0.29) is 5.91 Å². The topological polar surface area (TPSA) is 67.4 Å². The van der Waals surface area contributed by atoms with Gasteiger partial charge in [-0.05, 0) is 30.2 Å². The first-order valence-electron chi connectivity index (χ1n) is 7.55. The minimum absolute atomic E-state index is 0.337. The predicted molar refractivity (Wildman–Crippen MR) is 86.1 cm³/mol. The molecular weight excluding hydrogens is 292 g/mol. The highest BCUT2D eigenvalue weighted by atomic mass is 16.5. The van der Waals surface area contributed by atoms with Crippen molar-refractivity contribution < 1.29 is 14.3 Å². The van der Waals surface area contributed by atoms with Gasteiger partial charge in [0.15, 0.2) is 5.54 Å². The summed E-state index contributed by atoms with van der Waals surface area (Å²) in [5.74, 6) is 0.395.